The molecule has 4 rings (SSSR count). The Bertz CT molecular complexity index is 1150. The fourth-order valence-electron chi connectivity index (χ4n) is 5.08. The highest BCUT2D eigenvalue weighted by atomic mass is 19.4. The maximum absolute atomic E-state index is 13.3. The van der Waals surface area contributed by atoms with Crippen LogP contribution in [0.1, 0.15) is 40.3 Å². The summed E-state index contributed by atoms with van der Waals surface area (Å²) in [5.41, 5.74) is -0.272. The predicted molar refractivity (Wildman–Crippen MR) is 139 cm³/mol. The summed E-state index contributed by atoms with van der Waals surface area (Å²) in [6, 6.07) is 19.4. The lowest BCUT2D eigenvalue weighted by molar-refractivity contribution is -0.143. The molecule has 3 aromatic carbocycles. The third kappa shape index (κ3) is 7.99. The van der Waals surface area contributed by atoms with Crippen molar-refractivity contribution in [2.75, 3.05) is 39.8 Å². The van der Waals surface area contributed by atoms with E-state index < -0.39 is 23.5 Å². The Morgan fingerprint density at radius 1 is 0.718 bits per heavy atom. The minimum absolute atomic E-state index is 0.0382. The summed E-state index contributed by atoms with van der Waals surface area (Å²) in [5.74, 6) is 0.819. The van der Waals surface area contributed by atoms with Gasteiger partial charge in [-0.2, -0.15) is 26.3 Å². The van der Waals surface area contributed by atoms with Crippen molar-refractivity contribution in [2.45, 2.75) is 37.7 Å². The van der Waals surface area contributed by atoms with Gasteiger partial charge >= 0.3 is 12.4 Å². The third-order valence-electron chi connectivity index (χ3n) is 7.26. The Balaban J connectivity index is 1.43. The molecule has 0 aliphatic carbocycles. The normalized spacial score (nSPS) is 16.3. The number of hydrogen-bond acceptors (Lipinski definition) is 3. The summed E-state index contributed by atoms with van der Waals surface area (Å²) in [6.45, 7) is 4.10. The molecular formula is C30H32F6N2O. The number of nitrogens with zero attached hydrogens (tertiary/aromatic N) is 2. The molecule has 0 amide bonds. The average Bonchev–Trinajstić information content (AvgIpc) is 2.92. The largest absolute Gasteiger partial charge is 0.497 e. The summed E-state index contributed by atoms with van der Waals surface area (Å²) in [7, 11) is 1.64. The quantitative estimate of drug-likeness (QED) is 0.261. The van der Waals surface area contributed by atoms with Crippen LogP contribution in [0.4, 0.5) is 26.3 Å². The molecule has 1 saturated heterocycles. The predicted octanol–water partition coefficient (Wildman–Crippen LogP) is 7.27. The molecule has 9 heteroatoms. The first kappa shape index (κ1) is 29.0. The number of rotatable bonds is 9. The molecule has 1 unspecified atom stereocenters. The number of methoxy groups -OCH3 is 1. The highest BCUT2D eigenvalue weighted by Gasteiger charge is 2.37. The maximum Gasteiger partial charge on any atom is 0.416 e. The van der Waals surface area contributed by atoms with Crippen molar-refractivity contribution in [2.24, 2.45) is 0 Å². The zero-order chi connectivity index (χ0) is 28.0. The molecule has 1 fully saturated rings. The molecule has 0 spiro atoms. The van der Waals surface area contributed by atoms with E-state index in [2.05, 4.69) is 21.9 Å². The molecular weight excluding hydrogens is 518 g/mol. The lowest BCUT2D eigenvalue weighted by atomic mass is 9.95. The number of halogens is 6. The Hall–Kier alpha value is -3.04. The minimum atomic E-state index is -4.85. The number of hydrogen-bond donors (Lipinski definition) is 0. The smallest absolute Gasteiger partial charge is 0.416 e. The van der Waals surface area contributed by atoms with Crippen molar-refractivity contribution in [1.29, 1.82) is 0 Å². The third-order valence-corrected chi connectivity index (χ3v) is 7.26. The van der Waals surface area contributed by atoms with Gasteiger partial charge in [-0.1, -0.05) is 42.5 Å². The van der Waals surface area contributed by atoms with Crippen molar-refractivity contribution in [3.63, 3.8) is 0 Å². The molecule has 39 heavy (non-hydrogen) atoms. The van der Waals surface area contributed by atoms with E-state index in [-0.39, 0.29) is 24.1 Å². The van der Waals surface area contributed by atoms with E-state index in [1.807, 2.05) is 42.5 Å². The zero-order valence-corrected chi connectivity index (χ0v) is 21.7. The molecule has 0 saturated carbocycles. The Morgan fingerprint density at radius 2 is 1.31 bits per heavy atom. The number of ether oxygens (including phenoxy) is 1. The fraction of sp³-hybridized carbons (Fsp3) is 0.400. The molecule has 3 nitrogen and oxygen atoms in total. The van der Waals surface area contributed by atoms with Gasteiger partial charge in [0.05, 0.1) is 18.2 Å². The van der Waals surface area contributed by atoms with Gasteiger partial charge < -0.3 is 9.64 Å². The van der Waals surface area contributed by atoms with Crippen molar-refractivity contribution in [1.82, 2.24) is 9.80 Å². The molecule has 0 radical (unpaired) electrons. The lowest BCUT2D eigenvalue weighted by Gasteiger charge is -2.39. The second-order valence-electron chi connectivity index (χ2n) is 9.85. The van der Waals surface area contributed by atoms with Gasteiger partial charge in [-0.3, -0.25) is 4.90 Å². The van der Waals surface area contributed by atoms with Crippen LogP contribution < -0.4 is 4.74 Å². The minimum Gasteiger partial charge on any atom is -0.497 e. The Kier molecular flexibility index (Phi) is 9.23. The maximum atomic E-state index is 13.3. The average molecular weight is 551 g/mol. The van der Waals surface area contributed by atoms with Gasteiger partial charge in [0.25, 0.3) is 0 Å². The van der Waals surface area contributed by atoms with Gasteiger partial charge in [0.2, 0.25) is 0 Å². The number of benzene rings is 3. The molecule has 1 aliphatic rings. The van der Waals surface area contributed by atoms with Crippen LogP contribution in [-0.4, -0.2) is 49.6 Å². The molecule has 1 atom stereocenters. The van der Waals surface area contributed by atoms with Crippen molar-refractivity contribution in [3.8, 4) is 5.75 Å². The first-order chi connectivity index (χ1) is 18.5. The van der Waals surface area contributed by atoms with Crippen LogP contribution in [0.25, 0.3) is 0 Å². The van der Waals surface area contributed by atoms with Crippen LogP contribution in [0.15, 0.2) is 72.8 Å². The monoisotopic (exact) mass is 550 g/mol. The van der Waals surface area contributed by atoms with Gasteiger partial charge in [0.1, 0.15) is 5.75 Å². The lowest BCUT2D eigenvalue weighted by Crippen LogP contribution is -2.48. The van der Waals surface area contributed by atoms with Crippen molar-refractivity contribution >= 4 is 0 Å². The van der Waals surface area contributed by atoms with Gasteiger partial charge in [-0.25, -0.2) is 0 Å². The van der Waals surface area contributed by atoms with Crippen LogP contribution in [-0.2, 0) is 25.2 Å². The van der Waals surface area contributed by atoms with Crippen LogP contribution >= 0.6 is 0 Å². The van der Waals surface area contributed by atoms with Crippen LogP contribution in [0.3, 0.4) is 0 Å². The SMILES string of the molecule is COc1ccc(CCN2CCN(C(CCc3cc(C(F)(F)F)cc(C(F)(F)F)c3)c3ccccc3)CC2)cc1. The number of alkyl halides is 6. The van der Waals surface area contributed by atoms with Gasteiger partial charge in [0, 0.05) is 38.8 Å². The second kappa shape index (κ2) is 12.4. The van der Waals surface area contributed by atoms with E-state index in [4.69, 9.17) is 4.74 Å². The van der Waals surface area contributed by atoms with Crippen molar-refractivity contribution in [3.05, 3.63) is 101 Å². The fourth-order valence-corrected chi connectivity index (χ4v) is 5.08. The second-order valence-corrected chi connectivity index (χ2v) is 9.85. The zero-order valence-electron chi connectivity index (χ0n) is 21.7. The van der Waals surface area contributed by atoms with Gasteiger partial charge in [0.15, 0.2) is 0 Å². The summed E-state index contributed by atoms with van der Waals surface area (Å²) >= 11 is 0. The first-order valence-electron chi connectivity index (χ1n) is 13.0. The highest BCUT2D eigenvalue weighted by Crippen LogP contribution is 2.37. The van der Waals surface area contributed by atoms with E-state index in [9.17, 15) is 26.3 Å². The Morgan fingerprint density at radius 3 is 1.85 bits per heavy atom. The van der Waals surface area contributed by atoms with E-state index in [1.54, 1.807) is 7.11 Å². The Labute approximate surface area is 225 Å². The molecule has 0 N–H and O–H groups in total. The molecule has 1 heterocycles. The van der Waals surface area contributed by atoms with E-state index >= 15 is 0 Å². The van der Waals surface area contributed by atoms with E-state index in [0.717, 1.165) is 62.6 Å². The number of aryl methyl sites for hydroxylation is 1. The first-order valence-corrected chi connectivity index (χ1v) is 13.0. The molecule has 3 aromatic rings. The van der Waals surface area contributed by atoms with Crippen LogP contribution in [0.2, 0.25) is 0 Å². The van der Waals surface area contributed by atoms with Crippen LogP contribution in [0, 0.1) is 0 Å². The van der Waals surface area contributed by atoms with E-state index in [0.29, 0.717) is 6.42 Å². The van der Waals surface area contributed by atoms with Crippen molar-refractivity contribution < 1.29 is 31.1 Å². The standard InChI is InChI=1S/C30H32F6N2O/c1-39-27-10-7-22(8-11-27)13-14-37-15-17-38(18-16-37)28(24-5-3-2-4-6-24)12-9-23-19-25(29(31,32)33)21-26(20-23)30(34,35)36/h2-8,10-11,19-21,28H,9,12-18H2,1H3. The summed E-state index contributed by atoms with van der Waals surface area (Å²) in [6.07, 6.45) is -8.28. The summed E-state index contributed by atoms with van der Waals surface area (Å²) in [4.78, 5) is 4.67. The molecule has 210 valence electrons. The molecule has 1 aliphatic heterocycles. The molecule has 0 bridgehead atoms. The summed E-state index contributed by atoms with van der Waals surface area (Å²) < 4.78 is 85.3. The van der Waals surface area contributed by atoms with Crippen LogP contribution in [0.5, 0.6) is 5.75 Å². The molecule has 0 aromatic heterocycles. The number of piperazine rings is 1. The van der Waals surface area contributed by atoms with Gasteiger partial charge in [-0.15, -0.1) is 0 Å². The van der Waals surface area contributed by atoms with E-state index in [1.165, 1.54) is 5.56 Å². The topological polar surface area (TPSA) is 15.7 Å². The van der Waals surface area contributed by atoms with Gasteiger partial charge in [-0.05, 0) is 66.3 Å². The summed E-state index contributed by atoms with van der Waals surface area (Å²) in [5, 5.41) is 0. The highest BCUT2D eigenvalue weighted by molar-refractivity contribution is 5.34.